The molecule has 2 aliphatic rings. The van der Waals surface area contributed by atoms with Gasteiger partial charge in [0.05, 0.1) is 6.04 Å². The third-order valence-electron chi connectivity index (χ3n) is 5.94. The summed E-state index contributed by atoms with van der Waals surface area (Å²) in [7, 11) is 0. The van der Waals surface area contributed by atoms with Gasteiger partial charge >= 0.3 is 6.03 Å². The number of fused-ring (bicyclic) bond motifs is 1. The number of carbonyl (C=O) groups is 3. The molecule has 1 fully saturated rings. The maximum absolute atomic E-state index is 13.1. The van der Waals surface area contributed by atoms with Gasteiger partial charge in [0.1, 0.15) is 12.1 Å². The van der Waals surface area contributed by atoms with Crippen LogP contribution in [0.3, 0.4) is 0 Å². The molecule has 162 valence electrons. The first-order valence-electron chi connectivity index (χ1n) is 10.1. The third kappa shape index (κ3) is 3.69. The fraction of sp³-hybridized carbons (Fsp3) is 0.348. The predicted octanol–water partition coefficient (Wildman–Crippen LogP) is 2.68. The molecule has 2 N–H and O–H groups in total. The minimum Gasteiger partial charge on any atom is -0.454 e. The molecule has 0 unspecified atom stereocenters. The van der Waals surface area contributed by atoms with Crippen molar-refractivity contribution in [3.8, 4) is 11.5 Å². The number of nitrogens with zero attached hydrogens (tertiary/aromatic N) is 1. The molecule has 2 aromatic rings. The molecule has 2 heterocycles. The molecule has 0 aromatic heterocycles. The number of aryl methyl sites for hydroxylation is 2. The fourth-order valence-electron chi connectivity index (χ4n) is 3.79. The van der Waals surface area contributed by atoms with E-state index < -0.39 is 23.4 Å². The Labute approximate surface area is 180 Å². The second-order valence-corrected chi connectivity index (χ2v) is 8.15. The molecule has 0 aliphatic carbocycles. The summed E-state index contributed by atoms with van der Waals surface area (Å²) in [6, 6.07) is 10.2. The highest BCUT2D eigenvalue weighted by Gasteiger charge is 2.50. The van der Waals surface area contributed by atoms with E-state index in [9.17, 15) is 14.4 Å². The number of benzene rings is 2. The van der Waals surface area contributed by atoms with Crippen molar-refractivity contribution in [2.24, 2.45) is 0 Å². The smallest absolute Gasteiger partial charge is 0.325 e. The zero-order chi connectivity index (χ0) is 22.3. The normalized spacial score (nSPS) is 20.6. The van der Waals surface area contributed by atoms with E-state index in [2.05, 4.69) is 10.6 Å². The zero-order valence-corrected chi connectivity index (χ0v) is 17.9. The van der Waals surface area contributed by atoms with Crippen molar-refractivity contribution >= 4 is 17.8 Å². The van der Waals surface area contributed by atoms with Gasteiger partial charge in [0.2, 0.25) is 12.7 Å². The van der Waals surface area contributed by atoms with E-state index in [-0.39, 0.29) is 19.4 Å². The van der Waals surface area contributed by atoms with E-state index in [1.54, 1.807) is 25.1 Å². The Morgan fingerprint density at radius 2 is 1.87 bits per heavy atom. The highest BCUT2D eigenvalue weighted by Crippen LogP contribution is 2.37. The Morgan fingerprint density at radius 1 is 1.13 bits per heavy atom. The first kappa shape index (κ1) is 20.7. The Morgan fingerprint density at radius 3 is 2.61 bits per heavy atom. The third-order valence-corrected chi connectivity index (χ3v) is 5.94. The lowest BCUT2D eigenvalue weighted by Crippen LogP contribution is -2.43. The minimum absolute atomic E-state index is 0.112. The van der Waals surface area contributed by atoms with Crippen molar-refractivity contribution in [2.75, 3.05) is 13.3 Å². The number of carbonyl (C=O) groups excluding carboxylic acids is 3. The van der Waals surface area contributed by atoms with Gasteiger partial charge in [0.25, 0.3) is 5.91 Å². The van der Waals surface area contributed by atoms with Gasteiger partial charge in [-0.1, -0.05) is 24.3 Å². The average molecular weight is 423 g/mol. The molecule has 2 atom stereocenters. The molecule has 0 spiro atoms. The molecule has 0 radical (unpaired) electrons. The number of nitrogens with one attached hydrogen (secondary N) is 2. The van der Waals surface area contributed by atoms with E-state index >= 15 is 0 Å². The lowest BCUT2D eigenvalue weighted by Gasteiger charge is -2.22. The molecule has 31 heavy (non-hydrogen) atoms. The quantitative estimate of drug-likeness (QED) is 0.721. The number of imide groups is 1. The van der Waals surface area contributed by atoms with Crippen molar-refractivity contribution in [1.82, 2.24) is 15.5 Å². The molecule has 8 heteroatoms. The summed E-state index contributed by atoms with van der Waals surface area (Å²) in [6.45, 7) is 7.26. The molecule has 1 saturated heterocycles. The molecule has 4 rings (SSSR count). The molecule has 2 aromatic carbocycles. The maximum atomic E-state index is 13.1. The van der Waals surface area contributed by atoms with Crippen LogP contribution < -0.4 is 20.1 Å². The first-order valence-corrected chi connectivity index (χ1v) is 10.1. The summed E-state index contributed by atoms with van der Waals surface area (Å²) in [5, 5.41) is 5.57. The second-order valence-electron chi connectivity index (χ2n) is 8.15. The number of hydrogen-bond acceptors (Lipinski definition) is 5. The molecule has 4 amide bonds. The molecule has 2 aliphatic heterocycles. The summed E-state index contributed by atoms with van der Waals surface area (Å²) >= 11 is 0. The Bertz CT molecular complexity index is 1080. The van der Waals surface area contributed by atoms with Crippen LogP contribution in [0.5, 0.6) is 11.5 Å². The van der Waals surface area contributed by atoms with Crippen molar-refractivity contribution < 1.29 is 23.9 Å². The van der Waals surface area contributed by atoms with Crippen LogP contribution in [0.15, 0.2) is 36.4 Å². The van der Waals surface area contributed by atoms with Crippen molar-refractivity contribution in [3.05, 3.63) is 58.7 Å². The van der Waals surface area contributed by atoms with Gasteiger partial charge in [-0.25, -0.2) is 4.79 Å². The Balaban J connectivity index is 1.46. The van der Waals surface area contributed by atoms with Crippen LogP contribution >= 0.6 is 0 Å². The highest BCUT2D eigenvalue weighted by atomic mass is 16.7. The Kier molecular flexibility index (Phi) is 5.08. The van der Waals surface area contributed by atoms with Crippen LogP contribution in [0, 0.1) is 13.8 Å². The number of rotatable bonds is 5. The standard InChI is InChI=1S/C23H25N3O5/c1-13-5-6-16(9-14(13)2)15(3)24-20(27)11-26-21(28)23(4,25-22(26)29)17-7-8-18-19(10-17)31-12-30-18/h5-10,15H,11-12H2,1-4H3,(H,24,27)(H,25,29)/t15-,23+/m0/s1. The van der Waals surface area contributed by atoms with Gasteiger partial charge in [-0.2, -0.15) is 0 Å². The van der Waals surface area contributed by atoms with E-state index in [0.29, 0.717) is 17.1 Å². The number of urea groups is 1. The van der Waals surface area contributed by atoms with Crippen LogP contribution in [0.25, 0.3) is 0 Å². The zero-order valence-electron chi connectivity index (χ0n) is 17.9. The van der Waals surface area contributed by atoms with Gasteiger partial charge < -0.3 is 20.1 Å². The molecule has 0 saturated carbocycles. The SMILES string of the molecule is Cc1ccc([C@H](C)NC(=O)CN2C(=O)N[C@](C)(c3ccc4c(c3)OCO4)C2=O)cc1C. The van der Waals surface area contributed by atoms with Gasteiger partial charge in [-0.3, -0.25) is 14.5 Å². The van der Waals surface area contributed by atoms with Gasteiger partial charge in [0, 0.05) is 0 Å². The van der Waals surface area contributed by atoms with E-state index in [0.717, 1.165) is 16.0 Å². The fourth-order valence-corrected chi connectivity index (χ4v) is 3.79. The van der Waals surface area contributed by atoms with Crippen molar-refractivity contribution in [1.29, 1.82) is 0 Å². The number of ether oxygens (including phenoxy) is 2. The molecular formula is C23H25N3O5. The summed E-state index contributed by atoms with van der Waals surface area (Å²) in [6.07, 6.45) is 0. The Hall–Kier alpha value is -3.55. The van der Waals surface area contributed by atoms with E-state index in [4.69, 9.17) is 9.47 Å². The van der Waals surface area contributed by atoms with E-state index in [1.165, 1.54) is 5.56 Å². The monoisotopic (exact) mass is 423 g/mol. The topological polar surface area (TPSA) is 97.0 Å². The summed E-state index contributed by atoms with van der Waals surface area (Å²) in [5.41, 5.74) is 2.52. The van der Waals surface area contributed by atoms with Gasteiger partial charge in [-0.15, -0.1) is 0 Å². The van der Waals surface area contributed by atoms with Crippen LogP contribution in [0.2, 0.25) is 0 Å². The maximum Gasteiger partial charge on any atom is 0.325 e. The highest BCUT2D eigenvalue weighted by molar-refractivity contribution is 6.09. The summed E-state index contributed by atoms with van der Waals surface area (Å²) in [4.78, 5) is 39.2. The largest absolute Gasteiger partial charge is 0.454 e. The number of amides is 4. The summed E-state index contributed by atoms with van der Waals surface area (Å²) in [5.74, 6) is 0.189. The van der Waals surface area contributed by atoms with Crippen LogP contribution in [0.1, 0.15) is 42.1 Å². The first-order chi connectivity index (χ1) is 14.7. The lowest BCUT2D eigenvalue weighted by molar-refractivity contribution is -0.135. The van der Waals surface area contributed by atoms with Crippen LogP contribution in [-0.4, -0.2) is 36.1 Å². The average Bonchev–Trinajstić information content (AvgIpc) is 3.28. The van der Waals surface area contributed by atoms with Gasteiger partial charge in [-0.05, 0) is 62.1 Å². The molecule has 8 nitrogen and oxygen atoms in total. The van der Waals surface area contributed by atoms with Gasteiger partial charge in [0.15, 0.2) is 11.5 Å². The van der Waals surface area contributed by atoms with Crippen LogP contribution in [-0.2, 0) is 15.1 Å². The van der Waals surface area contributed by atoms with Crippen molar-refractivity contribution in [2.45, 2.75) is 39.3 Å². The summed E-state index contributed by atoms with van der Waals surface area (Å²) < 4.78 is 10.7. The van der Waals surface area contributed by atoms with Crippen molar-refractivity contribution in [3.63, 3.8) is 0 Å². The molecular weight excluding hydrogens is 398 g/mol. The lowest BCUT2D eigenvalue weighted by atomic mass is 9.91. The minimum atomic E-state index is -1.29. The van der Waals surface area contributed by atoms with E-state index in [1.807, 2.05) is 39.0 Å². The van der Waals surface area contributed by atoms with Crippen LogP contribution in [0.4, 0.5) is 4.79 Å². The molecule has 0 bridgehead atoms. The number of hydrogen-bond donors (Lipinski definition) is 2. The second kappa shape index (κ2) is 7.61. The predicted molar refractivity (Wildman–Crippen MR) is 113 cm³/mol.